The Morgan fingerprint density at radius 2 is 1.86 bits per heavy atom. The average Bonchev–Trinajstić information content (AvgIpc) is 3.29. The number of rotatable bonds is 5. The number of oxazole rings is 1. The van der Waals surface area contributed by atoms with Gasteiger partial charge in [-0.1, -0.05) is 17.7 Å². The van der Waals surface area contributed by atoms with Crippen LogP contribution in [-0.2, 0) is 0 Å². The second-order valence-electron chi connectivity index (χ2n) is 9.11. The first-order valence-electron chi connectivity index (χ1n) is 11.8. The lowest BCUT2D eigenvalue weighted by Gasteiger charge is -2.28. The van der Waals surface area contributed by atoms with Crippen LogP contribution < -0.4 is 10.2 Å². The number of hydrogen-bond acceptors (Lipinski definition) is 6. The lowest BCUT2D eigenvalue weighted by Crippen LogP contribution is -2.30. The third-order valence-corrected chi connectivity index (χ3v) is 6.74. The zero-order valence-electron chi connectivity index (χ0n) is 20.0. The molecule has 1 amide bonds. The number of carbonyl (C=O) groups is 1. The summed E-state index contributed by atoms with van der Waals surface area (Å²) in [5, 5.41) is 15.0. The number of anilines is 2. The first-order chi connectivity index (χ1) is 17.3. The fourth-order valence-electron chi connectivity index (χ4n) is 4.68. The number of nitrogens with one attached hydrogen (secondary N) is 1. The summed E-state index contributed by atoms with van der Waals surface area (Å²) in [5.74, 6) is -0.109. The monoisotopic (exact) mass is 504 g/mol. The molecule has 1 fully saturated rings. The van der Waals surface area contributed by atoms with Crippen LogP contribution in [0.15, 0.2) is 52.9 Å². The Hall–Kier alpha value is -3.91. The standard InChI is InChI=1S/C27H25ClN4O4/c1-16-12-17(2)25-22(13-16)30-27(36-25)20-15-19(7-8-21(20)28)29-26(33)18-6-9-23(24(14-18)32(34)35)31-10-4-3-5-11-31/h6-9,12-15H,3-5,10-11H2,1-2H3,(H,29,33). The molecule has 1 N–H and O–H groups in total. The Kier molecular flexibility index (Phi) is 6.36. The Morgan fingerprint density at radius 1 is 1.08 bits per heavy atom. The summed E-state index contributed by atoms with van der Waals surface area (Å²) in [6, 6.07) is 13.6. The second kappa shape index (κ2) is 9.62. The van der Waals surface area contributed by atoms with Crippen molar-refractivity contribution in [2.24, 2.45) is 0 Å². The zero-order chi connectivity index (χ0) is 25.4. The number of nitro benzene ring substituents is 1. The van der Waals surface area contributed by atoms with Gasteiger partial charge >= 0.3 is 0 Å². The molecule has 0 unspecified atom stereocenters. The zero-order valence-corrected chi connectivity index (χ0v) is 20.8. The van der Waals surface area contributed by atoms with E-state index in [9.17, 15) is 14.9 Å². The molecular weight excluding hydrogens is 480 g/mol. The van der Waals surface area contributed by atoms with Gasteiger partial charge in [-0.2, -0.15) is 0 Å². The molecule has 0 radical (unpaired) electrons. The largest absolute Gasteiger partial charge is 0.436 e. The van der Waals surface area contributed by atoms with E-state index in [1.54, 1.807) is 30.3 Å². The predicted molar refractivity (Wildman–Crippen MR) is 141 cm³/mol. The van der Waals surface area contributed by atoms with Crippen LogP contribution in [0, 0.1) is 24.0 Å². The lowest BCUT2D eigenvalue weighted by molar-refractivity contribution is -0.384. The Morgan fingerprint density at radius 3 is 2.61 bits per heavy atom. The summed E-state index contributed by atoms with van der Waals surface area (Å²) in [5.41, 5.74) is 5.14. The first-order valence-corrected chi connectivity index (χ1v) is 12.2. The molecule has 0 atom stereocenters. The van der Waals surface area contributed by atoms with Crippen molar-refractivity contribution >= 4 is 45.7 Å². The number of aromatic nitrogens is 1. The minimum atomic E-state index is -0.458. The molecule has 36 heavy (non-hydrogen) atoms. The molecule has 8 nitrogen and oxygen atoms in total. The molecule has 0 spiro atoms. The van der Waals surface area contributed by atoms with Gasteiger partial charge in [-0.3, -0.25) is 14.9 Å². The van der Waals surface area contributed by atoms with Crippen molar-refractivity contribution in [1.29, 1.82) is 0 Å². The van der Waals surface area contributed by atoms with Crippen LogP contribution in [-0.4, -0.2) is 28.9 Å². The van der Waals surface area contributed by atoms with Gasteiger partial charge in [0, 0.05) is 30.4 Å². The van der Waals surface area contributed by atoms with Crippen LogP contribution in [0.1, 0.15) is 40.7 Å². The number of nitro groups is 1. The Balaban J connectivity index is 1.43. The molecule has 0 aliphatic carbocycles. The average molecular weight is 505 g/mol. The highest BCUT2D eigenvalue weighted by molar-refractivity contribution is 6.33. The molecule has 1 aliphatic rings. The molecule has 3 aromatic carbocycles. The third-order valence-electron chi connectivity index (χ3n) is 6.41. The molecule has 5 rings (SSSR count). The van der Waals surface area contributed by atoms with Gasteiger partial charge in [0.15, 0.2) is 5.58 Å². The Labute approximate surface area is 213 Å². The van der Waals surface area contributed by atoms with Crippen molar-refractivity contribution in [3.63, 3.8) is 0 Å². The van der Waals surface area contributed by atoms with Crippen molar-refractivity contribution < 1.29 is 14.1 Å². The van der Waals surface area contributed by atoms with Gasteiger partial charge in [0.1, 0.15) is 11.2 Å². The maximum absolute atomic E-state index is 13.0. The number of fused-ring (bicyclic) bond motifs is 1. The topological polar surface area (TPSA) is 102 Å². The van der Waals surface area contributed by atoms with Gasteiger partial charge in [0.2, 0.25) is 5.89 Å². The van der Waals surface area contributed by atoms with Crippen LogP contribution in [0.3, 0.4) is 0 Å². The number of benzene rings is 3. The SMILES string of the molecule is Cc1cc(C)c2oc(-c3cc(NC(=O)c4ccc(N5CCCCC5)c([N+](=O)[O-])c4)ccc3Cl)nc2c1. The molecule has 1 aromatic heterocycles. The van der Waals surface area contributed by atoms with Gasteiger partial charge in [-0.25, -0.2) is 4.98 Å². The summed E-state index contributed by atoms with van der Waals surface area (Å²) in [4.78, 5) is 30.9. The van der Waals surface area contributed by atoms with E-state index in [1.165, 1.54) is 6.07 Å². The molecule has 0 bridgehead atoms. The van der Waals surface area contributed by atoms with E-state index in [4.69, 9.17) is 16.0 Å². The number of aryl methyl sites for hydroxylation is 2. The molecule has 4 aromatic rings. The highest BCUT2D eigenvalue weighted by atomic mass is 35.5. The molecule has 2 heterocycles. The van der Waals surface area contributed by atoms with Crippen molar-refractivity contribution in [3.8, 4) is 11.5 Å². The van der Waals surface area contributed by atoms with E-state index in [0.29, 0.717) is 33.4 Å². The molecule has 0 saturated carbocycles. The minimum Gasteiger partial charge on any atom is -0.436 e. The van der Waals surface area contributed by atoms with Gasteiger partial charge < -0.3 is 14.6 Å². The molecule has 1 aliphatic heterocycles. The van der Waals surface area contributed by atoms with E-state index < -0.39 is 10.8 Å². The quantitative estimate of drug-likeness (QED) is 0.234. The molecule has 1 saturated heterocycles. The maximum atomic E-state index is 13.0. The molecule has 184 valence electrons. The molecular formula is C27H25ClN4O4. The summed E-state index contributed by atoms with van der Waals surface area (Å²) in [7, 11) is 0. The van der Waals surface area contributed by atoms with Crippen molar-refractivity contribution in [2.75, 3.05) is 23.3 Å². The van der Waals surface area contributed by atoms with Gasteiger partial charge in [0.25, 0.3) is 11.6 Å². The van der Waals surface area contributed by atoms with Crippen LogP contribution in [0.2, 0.25) is 5.02 Å². The molecule has 9 heteroatoms. The number of hydrogen-bond donors (Lipinski definition) is 1. The van der Waals surface area contributed by atoms with E-state index in [2.05, 4.69) is 10.3 Å². The van der Waals surface area contributed by atoms with Crippen LogP contribution in [0.5, 0.6) is 0 Å². The third kappa shape index (κ3) is 4.64. The number of carbonyl (C=O) groups excluding carboxylic acids is 1. The van der Waals surface area contributed by atoms with E-state index in [0.717, 1.165) is 49.0 Å². The van der Waals surface area contributed by atoms with Crippen LogP contribution in [0.4, 0.5) is 17.1 Å². The minimum absolute atomic E-state index is 0.0708. The number of nitrogens with zero attached hydrogens (tertiary/aromatic N) is 3. The summed E-state index contributed by atoms with van der Waals surface area (Å²) >= 11 is 6.44. The van der Waals surface area contributed by atoms with E-state index in [1.807, 2.05) is 30.9 Å². The first kappa shape index (κ1) is 23.8. The van der Waals surface area contributed by atoms with Gasteiger partial charge in [-0.05, 0) is 80.6 Å². The maximum Gasteiger partial charge on any atom is 0.293 e. The van der Waals surface area contributed by atoms with E-state index >= 15 is 0 Å². The van der Waals surface area contributed by atoms with Crippen molar-refractivity contribution in [1.82, 2.24) is 4.98 Å². The number of amides is 1. The predicted octanol–water partition coefficient (Wildman–Crippen LogP) is 6.92. The highest BCUT2D eigenvalue weighted by Gasteiger charge is 2.23. The fraction of sp³-hybridized carbons (Fsp3) is 0.259. The smallest absolute Gasteiger partial charge is 0.293 e. The normalized spacial score (nSPS) is 13.7. The highest BCUT2D eigenvalue weighted by Crippen LogP contribution is 2.35. The van der Waals surface area contributed by atoms with Crippen molar-refractivity contribution in [2.45, 2.75) is 33.1 Å². The van der Waals surface area contributed by atoms with E-state index in [-0.39, 0.29) is 11.3 Å². The number of piperidine rings is 1. The fourth-order valence-corrected chi connectivity index (χ4v) is 4.87. The van der Waals surface area contributed by atoms with Crippen molar-refractivity contribution in [3.05, 3.63) is 80.4 Å². The summed E-state index contributed by atoms with van der Waals surface area (Å²) in [6.07, 6.45) is 3.12. The van der Waals surface area contributed by atoms with Gasteiger partial charge in [-0.15, -0.1) is 0 Å². The second-order valence-corrected chi connectivity index (χ2v) is 9.51. The number of halogens is 1. The summed E-state index contributed by atoms with van der Waals surface area (Å²) < 4.78 is 5.99. The summed E-state index contributed by atoms with van der Waals surface area (Å²) in [6.45, 7) is 5.50. The van der Waals surface area contributed by atoms with Gasteiger partial charge in [0.05, 0.1) is 15.5 Å². The van der Waals surface area contributed by atoms with Crippen LogP contribution >= 0.6 is 11.6 Å². The lowest BCUT2D eigenvalue weighted by atomic mass is 10.1. The van der Waals surface area contributed by atoms with Crippen LogP contribution in [0.25, 0.3) is 22.6 Å². The Bertz CT molecular complexity index is 1490.